The van der Waals surface area contributed by atoms with E-state index in [1.165, 1.54) is 12.1 Å². The number of hydrogen-bond acceptors (Lipinski definition) is 3. The lowest BCUT2D eigenvalue weighted by Gasteiger charge is -2.10. The molecule has 0 fully saturated rings. The summed E-state index contributed by atoms with van der Waals surface area (Å²) in [4.78, 5) is 0. The number of nitrogens with two attached hydrogens (primary N) is 1. The van der Waals surface area contributed by atoms with Crippen molar-refractivity contribution in [1.82, 2.24) is 4.72 Å². The average molecular weight is 310 g/mol. The standard InChI is InChI=1S/C12H17F3N2O2S/c13-12(14,15)11-5-3-4-10(8-11)9-20(18,19)17-7-2-1-6-16/h3-5,8,17H,1-2,6-7,9,16H2. The van der Waals surface area contributed by atoms with E-state index in [1.54, 1.807) is 0 Å². The summed E-state index contributed by atoms with van der Waals surface area (Å²) in [7, 11) is -3.64. The molecule has 0 amide bonds. The summed E-state index contributed by atoms with van der Waals surface area (Å²) in [6, 6.07) is 4.31. The second-order valence-corrected chi connectivity index (χ2v) is 6.15. The molecule has 0 spiro atoms. The topological polar surface area (TPSA) is 72.2 Å². The largest absolute Gasteiger partial charge is 0.416 e. The molecule has 3 N–H and O–H groups in total. The molecule has 0 bridgehead atoms. The normalized spacial score (nSPS) is 12.6. The summed E-state index contributed by atoms with van der Waals surface area (Å²) in [6.45, 7) is 0.702. The Bertz CT molecular complexity index is 530. The van der Waals surface area contributed by atoms with E-state index in [0.717, 1.165) is 12.1 Å². The van der Waals surface area contributed by atoms with Crippen LogP contribution < -0.4 is 10.5 Å². The fourth-order valence-electron chi connectivity index (χ4n) is 1.60. The first-order valence-electron chi connectivity index (χ1n) is 6.08. The van der Waals surface area contributed by atoms with Crippen molar-refractivity contribution in [2.75, 3.05) is 13.1 Å². The van der Waals surface area contributed by atoms with Gasteiger partial charge in [0.25, 0.3) is 0 Å². The zero-order valence-corrected chi connectivity index (χ0v) is 11.6. The van der Waals surface area contributed by atoms with Crippen molar-refractivity contribution >= 4 is 10.0 Å². The lowest BCUT2D eigenvalue weighted by Crippen LogP contribution is -2.26. The molecule has 0 heterocycles. The minimum Gasteiger partial charge on any atom is -0.330 e. The van der Waals surface area contributed by atoms with Gasteiger partial charge in [-0.2, -0.15) is 13.2 Å². The molecule has 0 aromatic heterocycles. The van der Waals surface area contributed by atoms with Crippen molar-refractivity contribution < 1.29 is 21.6 Å². The van der Waals surface area contributed by atoms with Crippen LogP contribution in [0, 0.1) is 0 Å². The molecule has 0 saturated heterocycles. The number of unbranched alkanes of at least 4 members (excludes halogenated alkanes) is 1. The number of hydrogen-bond donors (Lipinski definition) is 2. The molecule has 0 aliphatic rings. The predicted molar refractivity (Wildman–Crippen MR) is 70.4 cm³/mol. The minimum absolute atomic E-state index is 0.103. The molecule has 20 heavy (non-hydrogen) atoms. The van der Waals surface area contributed by atoms with E-state index in [1.807, 2.05) is 0 Å². The second kappa shape index (κ2) is 7.05. The molecule has 114 valence electrons. The van der Waals surface area contributed by atoms with E-state index in [4.69, 9.17) is 5.73 Å². The number of sulfonamides is 1. The van der Waals surface area contributed by atoms with E-state index >= 15 is 0 Å². The Morgan fingerprint density at radius 2 is 1.90 bits per heavy atom. The van der Waals surface area contributed by atoms with Gasteiger partial charge in [0.2, 0.25) is 10.0 Å². The van der Waals surface area contributed by atoms with Gasteiger partial charge in [-0.1, -0.05) is 18.2 Å². The molecule has 1 aromatic carbocycles. The SMILES string of the molecule is NCCCCNS(=O)(=O)Cc1cccc(C(F)(F)F)c1. The number of halogens is 3. The third kappa shape index (κ3) is 5.89. The first-order valence-corrected chi connectivity index (χ1v) is 7.73. The molecule has 1 rings (SSSR count). The molecule has 0 radical (unpaired) electrons. The number of benzene rings is 1. The Morgan fingerprint density at radius 3 is 2.50 bits per heavy atom. The number of alkyl halides is 3. The van der Waals surface area contributed by atoms with E-state index < -0.39 is 27.5 Å². The lowest BCUT2D eigenvalue weighted by atomic mass is 10.1. The van der Waals surface area contributed by atoms with Crippen molar-refractivity contribution in [2.24, 2.45) is 5.73 Å². The van der Waals surface area contributed by atoms with Gasteiger partial charge in [0.15, 0.2) is 0 Å². The molecule has 0 aliphatic carbocycles. The second-order valence-electron chi connectivity index (χ2n) is 4.35. The number of rotatable bonds is 7. The maximum absolute atomic E-state index is 12.5. The third-order valence-corrected chi connectivity index (χ3v) is 3.92. The average Bonchev–Trinajstić information content (AvgIpc) is 2.33. The molecular weight excluding hydrogens is 293 g/mol. The maximum atomic E-state index is 12.5. The van der Waals surface area contributed by atoms with E-state index in [2.05, 4.69) is 4.72 Å². The molecule has 0 aliphatic heterocycles. The first-order chi connectivity index (χ1) is 9.24. The first kappa shape index (κ1) is 16.9. The van der Waals surface area contributed by atoms with Crippen LogP contribution >= 0.6 is 0 Å². The molecular formula is C12H17F3N2O2S. The van der Waals surface area contributed by atoms with Crippen LogP contribution in [0.25, 0.3) is 0 Å². The molecule has 8 heteroatoms. The molecule has 0 unspecified atom stereocenters. The maximum Gasteiger partial charge on any atom is 0.416 e. The van der Waals surface area contributed by atoms with Crippen LogP contribution in [0.4, 0.5) is 13.2 Å². The Morgan fingerprint density at radius 1 is 1.20 bits per heavy atom. The van der Waals surface area contributed by atoms with Crippen molar-refractivity contribution in [2.45, 2.75) is 24.8 Å². The predicted octanol–water partition coefficient (Wildman–Crippen LogP) is 1.86. The highest BCUT2D eigenvalue weighted by Crippen LogP contribution is 2.29. The Balaban J connectivity index is 2.68. The van der Waals surface area contributed by atoms with Crippen LogP contribution in [0.5, 0.6) is 0 Å². The summed E-state index contributed by atoms with van der Waals surface area (Å²) in [5.74, 6) is -0.473. The summed E-state index contributed by atoms with van der Waals surface area (Å²) < 4.78 is 63.3. The summed E-state index contributed by atoms with van der Waals surface area (Å²) in [5, 5.41) is 0. The molecule has 0 saturated carbocycles. The fourth-order valence-corrected chi connectivity index (χ4v) is 2.78. The summed E-state index contributed by atoms with van der Waals surface area (Å²) in [6.07, 6.45) is -3.20. The van der Waals surface area contributed by atoms with Gasteiger partial charge in [-0.3, -0.25) is 0 Å². The quantitative estimate of drug-likeness (QED) is 0.755. The summed E-state index contributed by atoms with van der Waals surface area (Å²) in [5.41, 5.74) is 4.53. The summed E-state index contributed by atoms with van der Waals surface area (Å²) >= 11 is 0. The highest BCUT2D eigenvalue weighted by Gasteiger charge is 2.30. The van der Waals surface area contributed by atoms with Gasteiger partial charge in [-0.25, -0.2) is 13.1 Å². The monoisotopic (exact) mass is 310 g/mol. The van der Waals surface area contributed by atoms with E-state index in [9.17, 15) is 21.6 Å². The zero-order valence-electron chi connectivity index (χ0n) is 10.8. The highest BCUT2D eigenvalue weighted by molar-refractivity contribution is 7.88. The molecule has 0 atom stereocenters. The smallest absolute Gasteiger partial charge is 0.330 e. The molecule has 1 aromatic rings. The lowest BCUT2D eigenvalue weighted by molar-refractivity contribution is -0.137. The van der Waals surface area contributed by atoms with Gasteiger partial charge in [-0.15, -0.1) is 0 Å². The van der Waals surface area contributed by atoms with Gasteiger partial charge in [-0.05, 0) is 31.0 Å². The zero-order chi connectivity index (χ0) is 15.2. The van der Waals surface area contributed by atoms with Crippen LogP contribution in [-0.2, 0) is 22.0 Å². The van der Waals surface area contributed by atoms with Crippen LogP contribution in [0.3, 0.4) is 0 Å². The molecule has 4 nitrogen and oxygen atoms in total. The Labute approximate surface area is 116 Å². The van der Waals surface area contributed by atoms with Crippen LogP contribution in [-0.4, -0.2) is 21.5 Å². The minimum atomic E-state index is -4.48. The number of nitrogens with one attached hydrogen (secondary N) is 1. The van der Waals surface area contributed by atoms with Gasteiger partial charge < -0.3 is 5.73 Å². The van der Waals surface area contributed by atoms with Crippen LogP contribution in [0.15, 0.2) is 24.3 Å². The van der Waals surface area contributed by atoms with Crippen LogP contribution in [0.2, 0.25) is 0 Å². The Kier molecular flexibility index (Phi) is 5.97. The van der Waals surface area contributed by atoms with Gasteiger partial charge in [0.1, 0.15) is 0 Å². The van der Waals surface area contributed by atoms with Crippen LogP contribution in [0.1, 0.15) is 24.0 Å². The van der Waals surface area contributed by atoms with Crippen molar-refractivity contribution in [1.29, 1.82) is 0 Å². The Hall–Kier alpha value is -1.12. The third-order valence-electron chi connectivity index (χ3n) is 2.56. The van der Waals surface area contributed by atoms with Crippen molar-refractivity contribution in [3.63, 3.8) is 0 Å². The van der Waals surface area contributed by atoms with E-state index in [-0.39, 0.29) is 12.1 Å². The van der Waals surface area contributed by atoms with Crippen molar-refractivity contribution in [3.8, 4) is 0 Å². The van der Waals surface area contributed by atoms with E-state index in [0.29, 0.717) is 19.4 Å². The van der Waals surface area contributed by atoms with Gasteiger partial charge in [0.05, 0.1) is 11.3 Å². The van der Waals surface area contributed by atoms with Gasteiger partial charge in [0, 0.05) is 6.54 Å². The van der Waals surface area contributed by atoms with Gasteiger partial charge >= 0.3 is 6.18 Å². The highest BCUT2D eigenvalue weighted by atomic mass is 32.2. The fraction of sp³-hybridized carbons (Fsp3) is 0.500. The van der Waals surface area contributed by atoms with Crippen molar-refractivity contribution in [3.05, 3.63) is 35.4 Å².